The van der Waals surface area contributed by atoms with Crippen LogP contribution in [0.1, 0.15) is 0 Å². The molecule has 2 aromatic carbocycles. The molecule has 0 unspecified atom stereocenters. The summed E-state index contributed by atoms with van der Waals surface area (Å²) in [6.07, 6.45) is 0. The Morgan fingerprint density at radius 2 is 1.56 bits per heavy atom. The van der Waals surface area contributed by atoms with Gasteiger partial charge in [-0.3, -0.25) is 0 Å². The van der Waals surface area contributed by atoms with E-state index < -0.39 is 9.84 Å². The van der Waals surface area contributed by atoms with E-state index in [4.69, 9.17) is 0 Å². The number of rotatable bonds is 0. The quantitative estimate of drug-likeness (QED) is 0.589. The molecule has 2 aromatic rings. The average Bonchev–Trinajstić information content (AvgIpc) is 2.49. The normalized spacial score (nSPS) is 15.6. The molecule has 0 spiro atoms. The van der Waals surface area contributed by atoms with Crippen molar-refractivity contribution in [3.05, 3.63) is 46.0 Å². The molecule has 1 aliphatic rings. The molecule has 3 rings (SSSR count). The minimum atomic E-state index is -3.29. The number of benzene rings is 2. The van der Waals surface area contributed by atoms with Crippen molar-refractivity contribution >= 4 is 32.4 Å². The third-order valence-corrected chi connectivity index (χ3v) is 5.22. The second kappa shape index (κ2) is 3.30. The summed E-state index contributed by atoms with van der Waals surface area (Å²) in [4.78, 5) is 0.854. The fourth-order valence-electron chi connectivity index (χ4n) is 1.98. The number of hydrogen-bond donors (Lipinski definition) is 0. The van der Waals surface area contributed by atoms with Gasteiger partial charge in [0.05, 0.1) is 9.79 Å². The Balaban J connectivity index is 2.49. The third kappa shape index (κ3) is 1.26. The van der Waals surface area contributed by atoms with Crippen molar-refractivity contribution in [1.29, 1.82) is 0 Å². The molecule has 0 N–H and O–H groups in total. The molecule has 0 bridgehead atoms. The van der Waals surface area contributed by atoms with Gasteiger partial charge in [0.2, 0.25) is 9.84 Å². The first-order chi connectivity index (χ1) is 7.60. The molecule has 0 saturated heterocycles. The van der Waals surface area contributed by atoms with Gasteiger partial charge in [0.1, 0.15) is 0 Å². The zero-order chi connectivity index (χ0) is 11.3. The number of hydrogen-bond acceptors (Lipinski definition) is 2. The van der Waals surface area contributed by atoms with Crippen LogP contribution >= 0.6 is 22.6 Å². The molecule has 1 heterocycles. The Bertz CT molecular complexity index is 690. The van der Waals surface area contributed by atoms with E-state index in [1.165, 1.54) is 0 Å². The summed E-state index contributed by atoms with van der Waals surface area (Å²) in [7, 11) is -3.29. The lowest BCUT2D eigenvalue weighted by Gasteiger charge is -1.98. The van der Waals surface area contributed by atoms with Gasteiger partial charge in [-0.05, 0) is 40.8 Å². The molecule has 0 aliphatic carbocycles. The maximum Gasteiger partial charge on any atom is 0.207 e. The largest absolute Gasteiger partial charge is 0.218 e. The average molecular weight is 342 g/mol. The van der Waals surface area contributed by atoms with Crippen molar-refractivity contribution in [3.63, 3.8) is 0 Å². The van der Waals surface area contributed by atoms with Crippen LogP contribution in [0.5, 0.6) is 0 Å². The molecule has 0 fully saturated rings. The van der Waals surface area contributed by atoms with Gasteiger partial charge in [0.25, 0.3) is 0 Å². The second-order valence-electron chi connectivity index (χ2n) is 3.64. The minimum absolute atomic E-state index is 0.423. The van der Waals surface area contributed by atoms with Crippen molar-refractivity contribution in [1.82, 2.24) is 0 Å². The molecular weight excluding hydrogens is 335 g/mol. The monoisotopic (exact) mass is 342 g/mol. The van der Waals surface area contributed by atoms with Crippen LogP contribution in [0.3, 0.4) is 0 Å². The molecular formula is C12H7IO2S. The van der Waals surface area contributed by atoms with Gasteiger partial charge in [-0.25, -0.2) is 8.42 Å². The molecule has 0 radical (unpaired) electrons. The van der Waals surface area contributed by atoms with E-state index in [0.29, 0.717) is 9.79 Å². The van der Waals surface area contributed by atoms with E-state index >= 15 is 0 Å². The molecule has 0 amide bonds. The van der Waals surface area contributed by atoms with Crippen LogP contribution in [-0.4, -0.2) is 8.42 Å². The Morgan fingerprint density at radius 1 is 0.875 bits per heavy atom. The zero-order valence-electron chi connectivity index (χ0n) is 8.14. The summed E-state index contributed by atoms with van der Waals surface area (Å²) in [5.74, 6) is 0. The Morgan fingerprint density at radius 3 is 2.38 bits per heavy atom. The minimum Gasteiger partial charge on any atom is -0.218 e. The van der Waals surface area contributed by atoms with Crippen LogP contribution in [0.25, 0.3) is 11.1 Å². The van der Waals surface area contributed by atoms with E-state index in [-0.39, 0.29) is 0 Å². The number of halogens is 1. The van der Waals surface area contributed by atoms with Gasteiger partial charge < -0.3 is 0 Å². The second-order valence-corrected chi connectivity index (χ2v) is 6.77. The maximum absolute atomic E-state index is 12.2. The molecule has 0 aromatic heterocycles. The predicted octanol–water partition coefficient (Wildman–Crippen LogP) is 3.10. The first-order valence-corrected chi connectivity index (χ1v) is 7.31. The summed E-state index contributed by atoms with van der Waals surface area (Å²) < 4.78 is 25.4. The molecule has 16 heavy (non-hydrogen) atoms. The number of sulfone groups is 1. The molecule has 1 aliphatic heterocycles. The van der Waals surface area contributed by atoms with Gasteiger partial charge in [0, 0.05) is 14.7 Å². The fraction of sp³-hybridized carbons (Fsp3) is 0. The predicted molar refractivity (Wildman–Crippen MR) is 70.0 cm³/mol. The van der Waals surface area contributed by atoms with E-state index in [1.54, 1.807) is 18.2 Å². The van der Waals surface area contributed by atoms with Crippen LogP contribution in [0, 0.1) is 3.57 Å². The molecule has 0 saturated carbocycles. The lowest BCUT2D eigenvalue weighted by molar-refractivity contribution is 0.598. The standard InChI is InChI=1S/C12H7IO2S/c13-8-5-6-10-9-3-1-2-4-11(9)16(14,15)12(10)7-8/h1-7H. The smallest absolute Gasteiger partial charge is 0.207 e. The summed E-state index contributed by atoms with van der Waals surface area (Å²) in [5, 5.41) is 0. The Hall–Kier alpha value is -0.880. The summed E-state index contributed by atoms with van der Waals surface area (Å²) in [5.41, 5.74) is 1.63. The van der Waals surface area contributed by atoms with Crippen molar-refractivity contribution < 1.29 is 8.42 Å². The van der Waals surface area contributed by atoms with E-state index in [2.05, 4.69) is 22.6 Å². The molecule has 80 valence electrons. The van der Waals surface area contributed by atoms with Gasteiger partial charge >= 0.3 is 0 Å². The summed E-state index contributed by atoms with van der Waals surface area (Å²) >= 11 is 2.12. The topological polar surface area (TPSA) is 34.1 Å². The molecule has 0 atom stereocenters. The van der Waals surface area contributed by atoms with Gasteiger partial charge in [0.15, 0.2) is 0 Å². The zero-order valence-corrected chi connectivity index (χ0v) is 11.1. The van der Waals surface area contributed by atoms with E-state index in [1.807, 2.05) is 24.3 Å². The fourth-order valence-corrected chi connectivity index (χ4v) is 4.40. The first-order valence-electron chi connectivity index (χ1n) is 4.75. The van der Waals surface area contributed by atoms with E-state index in [9.17, 15) is 8.42 Å². The Kier molecular flexibility index (Phi) is 2.12. The van der Waals surface area contributed by atoms with Crippen molar-refractivity contribution in [3.8, 4) is 11.1 Å². The highest BCUT2D eigenvalue weighted by Gasteiger charge is 2.32. The van der Waals surface area contributed by atoms with Crippen LogP contribution in [0.4, 0.5) is 0 Å². The van der Waals surface area contributed by atoms with Crippen LogP contribution in [-0.2, 0) is 9.84 Å². The van der Waals surface area contributed by atoms with Crippen LogP contribution < -0.4 is 0 Å². The first kappa shape index (κ1) is 10.3. The summed E-state index contributed by atoms with van der Waals surface area (Å²) in [6, 6.07) is 12.7. The SMILES string of the molecule is O=S1(=O)c2ccccc2-c2ccc(I)cc21. The van der Waals surface area contributed by atoms with Crippen molar-refractivity contribution in [2.75, 3.05) is 0 Å². The lowest BCUT2D eigenvalue weighted by atomic mass is 10.1. The van der Waals surface area contributed by atoms with Crippen molar-refractivity contribution in [2.45, 2.75) is 9.79 Å². The van der Waals surface area contributed by atoms with Crippen molar-refractivity contribution in [2.24, 2.45) is 0 Å². The lowest BCUT2D eigenvalue weighted by Crippen LogP contribution is -1.96. The third-order valence-electron chi connectivity index (χ3n) is 2.70. The van der Waals surface area contributed by atoms with Gasteiger partial charge in [-0.2, -0.15) is 0 Å². The van der Waals surface area contributed by atoms with Gasteiger partial charge in [-0.15, -0.1) is 0 Å². The molecule has 4 heteroatoms. The highest BCUT2D eigenvalue weighted by molar-refractivity contribution is 14.1. The number of fused-ring (bicyclic) bond motifs is 3. The van der Waals surface area contributed by atoms with Crippen LogP contribution in [0.2, 0.25) is 0 Å². The molecule has 2 nitrogen and oxygen atoms in total. The highest BCUT2D eigenvalue weighted by atomic mass is 127. The van der Waals surface area contributed by atoms with E-state index in [0.717, 1.165) is 14.7 Å². The summed E-state index contributed by atoms with van der Waals surface area (Å²) in [6.45, 7) is 0. The maximum atomic E-state index is 12.2. The Labute approximate surface area is 107 Å². The van der Waals surface area contributed by atoms with Crippen LogP contribution in [0.15, 0.2) is 52.3 Å². The highest BCUT2D eigenvalue weighted by Crippen LogP contribution is 2.43. The van der Waals surface area contributed by atoms with Gasteiger partial charge in [-0.1, -0.05) is 24.3 Å².